The van der Waals surface area contributed by atoms with Crippen LogP contribution in [0.4, 0.5) is 0 Å². The second-order valence-corrected chi connectivity index (χ2v) is 6.51. The highest BCUT2D eigenvalue weighted by molar-refractivity contribution is 5.06. The van der Waals surface area contributed by atoms with Crippen molar-refractivity contribution in [1.82, 2.24) is 9.80 Å². The minimum Gasteiger partial charge on any atom is -0.373 e. The first kappa shape index (κ1) is 12.9. The predicted molar refractivity (Wildman–Crippen MR) is 72.5 cm³/mol. The topological polar surface area (TPSA) is 41.7 Å². The molecule has 0 saturated carbocycles. The highest BCUT2D eigenvalue weighted by atomic mass is 16.5. The van der Waals surface area contributed by atoms with Crippen LogP contribution in [-0.2, 0) is 4.74 Å². The van der Waals surface area contributed by atoms with Crippen molar-refractivity contribution in [2.24, 2.45) is 11.7 Å². The van der Waals surface area contributed by atoms with Gasteiger partial charge in [-0.05, 0) is 45.7 Å². The Bertz CT molecular complexity index is 301. The zero-order chi connectivity index (χ0) is 12.8. The zero-order valence-electron chi connectivity index (χ0n) is 11.8. The van der Waals surface area contributed by atoms with Crippen LogP contribution in [0.1, 0.15) is 26.7 Å². The van der Waals surface area contributed by atoms with Crippen LogP contribution in [0.5, 0.6) is 0 Å². The SMILES string of the molecule is CC1CN(C2(CN)CCN3CCC2C3)CC(C)O1. The molecule has 3 saturated heterocycles. The number of rotatable bonds is 2. The lowest BCUT2D eigenvalue weighted by molar-refractivity contribution is -0.119. The van der Waals surface area contributed by atoms with Gasteiger partial charge in [-0.3, -0.25) is 4.90 Å². The molecule has 5 atom stereocenters. The molecular formula is C14H27N3O. The van der Waals surface area contributed by atoms with E-state index in [4.69, 9.17) is 10.5 Å². The molecule has 2 bridgehead atoms. The van der Waals surface area contributed by atoms with E-state index in [0.717, 1.165) is 25.6 Å². The van der Waals surface area contributed by atoms with Crippen LogP contribution < -0.4 is 5.73 Å². The van der Waals surface area contributed by atoms with Crippen molar-refractivity contribution in [2.75, 3.05) is 39.3 Å². The smallest absolute Gasteiger partial charge is 0.0678 e. The molecule has 0 aromatic heterocycles. The van der Waals surface area contributed by atoms with Gasteiger partial charge in [0.05, 0.1) is 12.2 Å². The molecule has 4 heteroatoms. The van der Waals surface area contributed by atoms with Crippen molar-refractivity contribution in [3.63, 3.8) is 0 Å². The molecule has 5 unspecified atom stereocenters. The number of morpholine rings is 1. The molecule has 0 aromatic carbocycles. The van der Waals surface area contributed by atoms with Gasteiger partial charge in [0.25, 0.3) is 0 Å². The summed E-state index contributed by atoms with van der Waals surface area (Å²) in [7, 11) is 0. The lowest BCUT2D eigenvalue weighted by Gasteiger charge is -2.53. The Morgan fingerprint density at radius 2 is 1.89 bits per heavy atom. The van der Waals surface area contributed by atoms with Gasteiger partial charge in [0.1, 0.15) is 0 Å². The van der Waals surface area contributed by atoms with Crippen LogP contribution in [0.15, 0.2) is 0 Å². The fourth-order valence-electron chi connectivity index (χ4n) is 4.39. The Kier molecular flexibility index (Phi) is 3.39. The minimum absolute atomic E-state index is 0.249. The second kappa shape index (κ2) is 4.75. The highest BCUT2D eigenvalue weighted by Crippen LogP contribution is 2.40. The van der Waals surface area contributed by atoms with Crippen LogP contribution in [0, 0.1) is 5.92 Å². The molecule has 0 aliphatic carbocycles. The molecule has 3 fully saturated rings. The monoisotopic (exact) mass is 253 g/mol. The Balaban J connectivity index is 1.82. The van der Waals surface area contributed by atoms with Crippen LogP contribution in [0.25, 0.3) is 0 Å². The maximum atomic E-state index is 6.24. The first-order valence-corrected chi connectivity index (χ1v) is 7.47. The summed E-state index contributed by atoms with van der Waals surface area (Å²) >= 11 is 0. The van der Waals surface area contributed by atoms with E-state index in [2.05, 4.69) is 23.6 Å². The third-order valence-corrected chi connectivity index (χ3v) is 5.30. The summed E-state index contributed by atoms with van der Waals surface area (Å²) in [5.41, 5.74) is 6.49. The molecule has 4 nitrogen and oxygen atoms in total. The number of fused-ring (bicyclic) bond motifs is 2. The van der Waals surface area contributed by atoms with E-state index in [0.29, 0.717) is 12.2 Å². The number of hydrogen-bond donors (Lipinski definition) is 1. The summed E-state index contributed by atoms with van der Waals surface area (Å²) in [6.07, 6.45) is 3.26. The average Bonchev–Trinajstić information content (AvgIpc) is 2.73. The fraction of sp³-hybridized carbons (Fsp3) is 1.00. The third kappa shape index (κ3) is 1.99. The molecule has 0 aromatic rings. The summed E-state index contributed by atoms with van der Waals surface area (Å²) < 4.78 is 5.88. The summed E-state index contributed by atoms with van der Waals surface area (Å²) in [5.74, 6) is 0.772. The van der Waals surface area contributed by atoms with E-state index in [1.165, 1.54) is 32.5 Å². The molecule has 3 rings (SSSR count). The molecule has 0 amide bonds. The van der Waals surface area contributed by atoms with Crippen LogP contribution in [0.3, 0.4) is 0 Å². The number of piperidine rings is 1. The Morgan fingerprint density at radius 3 is 2.56 bits per heavy atom. The van der Waals surface area contributed by atoms with Gasteiger partial charge in [-0.15, -0.1) is 0 Å². The van der Waals surface area contributed by atoms with Gasteiger partial charge in [0, 0.05) is 31.7 Å². The van der Waals surface area contributed by atoms with E-state index < -0.39 is 0 Å². The standard InChI is InChI=1S/C14H27N3O/c1-11-7-17(8-12(2)18-11)14(10-15)4-6-16-5-3-13(14)9-16/h11-13H,3-10,15H2,1-2H3. The molecule has 2 N–H and O–H groups in total. The Hall–Kier alpha value is -0.160. The second-order valence-electron chi connectivity index (χ2n) is 6.51. The van der Waals surface area contributed by atoms with E-state index >= 15 is 0 Å². The Morgan fingerprint density at radius 1 is 1.17 bits per heavy atom. The summed E-state index contributed by atoms with van der Waals surface area (Å²) in [6, 6.07) is 0. The minimum atomic E-state index is 0.249. The third-order valence-electron chi connectivity index (χ3n) is 5.30. The number of nitrogens with two attached hydrogens (primary N) is 1. The van der Waals surface area contributed by atoms with Gasteiger partial charge in [-0.25, -0.2) is 0 Å². The molecule has 18 heavy (non-hydrogen) atoms. The van der Waals surface area contributed by atoms with E-state index in [-0.39, 0.29) is 5.54 Å². The fourth-order valence-corrected chi connectivity index (χ4v) is 4.39. The van der Waals surface area contributed by atoms with Crippen LogP contribution >= 0.6 is 0 Å². The van der Waals surface area contributed by atoms with E-state index in [1.54, 1.807) is 0 Å². The molecule has 0 radical (unpaired) electrons. The highest BCUT2D eigenvalue weighted by Gasteiger charge is 2.50. The first-order chi connectivity index (χ1) is 8.64. The van der Waals surface area contributed by atoms with Crippen molar-refractivity contribution in [1.29, 1.82) is 0 Å². The largest absolute Gasteiger partial charge is 0.373 e. The zero-order valence-corrected chi connectivity index (χ0v) is 11.8. The summed E-state index contributed by atoms with van der Waals surface area (Å²) in [5, 5.41) is 0. The normalized spacial score (nSPS) is 49.5. The number of nitrogens with zero attached hydrogens (tertiary/aromatic N) is 2. The average molecular weight is 253 g/mol. The van der Waals surface area contributed by atoms with Gasteiger partial charge in [-0.1, -0.05) is 0 Å². The van der Waals surface area contributed by atoms with Gasteiger partial charge in [0.15, 0.2) is 0 Å². The van der Waals surface area contributed by atoms with Gasteiger partial charge in [-0.2, -0.15) is 0 Å². The quantitative estimate of drug-likeness (QED) is 0.779. The first-order valence-electron chi connectivity index (χ1n) is 7.47. The maximum Gasteiger partial charge on any atom is 0.0678 e. The van der Waals surface area contributed by atoms with E-state index in [9.17, 15) is 0 Å². The predicted octanol–water partition coefficient (Wildman–Crippen LogP) is 0.519. The maximum absolute atomic E-state index is 6.24. The van der Waals surface area contributed by atoms with Gasteiger partial charge < -0.3 is 15.4 Å². The van der Waals surface area contributed by atoms with Crippen molar-refractivity contribution >= 4 is 0 Å². The Labute approximate surface area is 110 Å². The van der Waals surface area contributed by atoms with Crippen molar-refractivity contribution < 1.29 is 4.74 Å². The molecular weight excluding hydrogens is 226 g/mol. The van der Waals surface area contributed by atoms with Crippen LogP contribution in [0.2, 0.25) is 0 Å². The molecule has 3 aliphatic rings. The van der Waals surface area contributed by atoms with E-state index in [1.807, 2.05) is 0 Å². The number of hydrogen-bond acceptors (Lipinski definition) is 4. The summed E-state index contributed by atoms with van der Waals surface area (Å²) in [4.78, 5) is 5.27. The molecule has 104 valence electrons. The van der Waals surface area contributed by atoms with Gasteiger partial charge in [0.2, 0.25) is 0 Å². The van der Waals surface area contributed by atoms with Crippen molar-refractivity contribution in [3.8, 4) is 0 Å². The van der Waals surface area contributed by atoms with Crippen LogP contribution in [-0.4, -0.2) is 66.8 Å². The van der Waals surface area contributed by atoms with Gasteiger partial charge >= 0.3 is 0 Å². The molecule has 3 aliphatic heterocycles. The molecule has 3 heterocycles. The van der Waals surface area contributed by atoms with Crippen molar-refractivity contribution in [2.45, 2.75) is 44.4 Å². The lowest BCUT2D eigenvalue weighted by atomic mass is 9.76. The summed E-state index contributed by atoms with van der Waals surface area (Å²) in [6.45, 7) is 11.1. The lowest BCUT2D eigenvalue weighted by Crippen LogP contribution is -2.66. The number of ether oxygens (including phenoxy) is 1. The molecule has 0 spiro atoms. The van der Waals surface area contributed by atoms with Crippen molar-refractivity contribution in [3.05, 3.63) is 0 Å².